The Morgan fingerprint density at radius 3 is 2.26 bits per heavy atom. The SMILES string of the molecule is CCOc1ccc([C@H]2C(=C(O)c3ccc(OC)cc3)C(=O)C(=O)N2CCc2c[nH]c3ccc(OC)cc23)cc1. The molecule has 1 aromatic heterocycles. The Balaban J connectivity index is 1.54. The molecule has 8 heteroatoms. The molecule has 0 saturated carbocycles. The van der Waals surface area contributed by atoms with Gasteiger partial charge in [0.1, 0.15) is 23.0 Å². The standard InChI is InChI=1S/C31H30N2O6/c1-4-39-23-11-5-19(6-12-23)28-27(29(34)20-7-9-22(37-2)10-8-20)30(35)31(36)33(28)16-15-21-18-32-26-14-13-24(38-3)17-25(21)26/h5-14,17-18,28,32,34H,4,15-16H2,1-3H3/t28-/m0/s1. The molecule has 1 saturated heterocycles. The summed E-state index contributed by atoms with van der Waals surface area (Å²) in [5.41, 5.74) is 3.12. The van der Waals surface area contributed by atoms with E-state index in [4.69, 9.17) is 14.2 Å². The van der Waals surface area contributed by atoms with Gasteiger partial charge in [0, 0.05) is 29.2 Å². The number of likely N-dealkylation sites (tertiary alicyclic amines) is 1. The van der Waals surface area contributed by atoms with E-state index in [1.165, 1.54) is 4.90 Å². The van der Waals surface area contributed by atoms with Gasteiger partial charge in [0.25, 0.3) is 11.7 Å². The van der Waals surface area contributed by atoms with E-state index >= 15 is 0 Å². The molecule has 1 aliphatic rings. The number of aromatic amines is 1. The summed E-state index contributed by atoms with van der Waals surface area (Å²) in [6.45, 7) is 2.69. The zero-order valence-electron chi connectivity index (χ0n) is 22.1. The van der Waals surface area contributed by atoms with Crippen LogP contribution in [-0.2, 0) is 16.0 Å². The van der Waals surface area contributed by atoms with E-state index in [2.05, 4.69) is 4.98 Å². The minimum Gasteiger partial charge on any atom is -0.507 e. The Kier molecular flexibility index (Phi) is 7.27. The lowest BCUT2D eigenvalue weighted by molar-refractivity contribution is -0.139. The maximum atomic E-state index is 13.4. The number of Topliss-reactive ketones (excluding diaryl/α,β-unsaturated/α-hetero) is 1. The molecular weight excluding hydrogens is 496 g/mol. The third kappa shape index (κ3) is 4.93. The van der Waals surface area contributed by atoms with E-state index in [1.54, 1.807) is 50.6 Å². The lowest BCUT2D eigenvalue weighted by Gasteiger charge is -2.25. The number of methoxy groups -OCH3 is 2. The molecule has 1 aliphatic heterocycles. The van der Waals surface area contributed by atoms with Gasteiger partial charge in [0.2, 0.25) is 0 Å². The Morgan fingerprint density at radius 1 is 0.923 bits per heavy atom. The average Bonchev–Trinajstić information content (AvgIpc) is 3.49. The van der Waals surface area contributed by atoms with Crippen molar-refractivity contribution in [1.29, 1.82) is 0 Å². The Hall–Kier alpha value is -4.72. The number of ketones is 1. The molecule has 1 fully saturated rings. The summed E-state index contributed by atoms with van der Waals surface area (Å²) in [4.78, 5) is 31.6. The number of fused-ring (bicyclic) bond motifs is 1. The first kappa shape index (κ1) is 25.9. The Labute approximate surface area is 226 Å². The predicted octanol–water partition coefficient (Wildman–Crippen LogP) is 5.25. The number of hydrogen-bond donors (Lipinski definition) is 2. The summed E-state index contributed by atoms with van der Waals surface area (Å²) >= 11 is 0. The number of amides is 1. The van der Waals surface area contributed by atoms with Crippen LogP contribution in [-0.4, -0.2) is 54.1 Å². The van der Waals surface area contributed by atoms with E-state index in [-0.39, 0.29) is 17.9 Å². The van der Waals surface area contributed by atoms with Crippen molar-refractivity contribution in [3.63, 3.8) is 0 Å². The van der Waals surface area contributed by atoms with Crippen LogP contribution >= 0.6 is 0 Å². The van der Waals surface area contributed by atoms with Gasteiger partial charge in [0.05, 0.1) is 32.4 Å². The maximum Gasteiger partial charge on any atom is 0.295 e. The van der Waals surface area contributed by atoms with Gasteiger partial charge in [0.15, 0.2) is 0 Å². The van der Waals surface area contributed by atoms with Crippen molar-refractivity contribution in [3.05, 3.63) is 95.2 Å². The zero-order chi connectivity index (χ0) is 27.5. The van der Waals surface area contributed by atoms with Crippen molar-refractivity contribution in [2.75, 3.05) is 27.4 Å². The summed E-state index contributed by atoms with van der Waals surface area (Å²) in [6, 6.07) is 19.0. The van der Waals surface area contributed by atoms with Gasteiger partial charge < -0.3 is 29.2 Å². The second-order valence-corrected chi connectivity index (χ2v) is 9.20. The molecule has 0 bridgehead atoms. The first-order chi connectivity index (χ1) is 18.9. The lowest BCUT2D eigenvalue weighted by atomic mass is 9.95. The van der Waals surface area contributed by atoms with Crippen molar-refractivity contribution in [3.8, 4) is 17.2 Å². The molecule has 1 atom stereocenters. The molecule has 2 heterocycles. The van der Waals surface area contributed by atoms with Crippen LogP contribution in [0, 0.1) is 0 Å². The van der Waals surface area contributed by atoms with Gasteiger partial charge in [-0.15, -0.1) is 0 Å². The number of ether oxygens (including phenoxy) is 3. The van der Waals surface area contributed by atoms with Crippen LogP contribution < -0.4 is 14.2 Å². The number of H-pyrrole nitrogens is 1. The largest absolute Gasteiger partial charge is 0.507 e. The molecule has 5 rings (SSSR count). The van der Waals surface area contributed by atoms with Gasteiger partial charge in [-0.1, -0.05) is 12.1 Å². The predicted molar refractivity (Wildman–Crippen MR) is 148 cm³/mol. The first-order valence-corrected chi connectivity index (χ1v) is 12.7. The van der Waals surface area contributed by atoms with Gasteiger partial charge in [-0.3, -0.25) is 9.59 Å². The molecule has 39 heavy (non-hydrogen) atoms. The molecular formula is C31H30N2O6. The van der Waals surface area contributed by atoms with Crippen LogP contribution in [0.25, 0.3) is 16.7 Å². The highest BCUT2D eigenvalue weighted by atomic mass is 16.5. The number of aromatic nitrogens is 1. The van der Waals surface area contributed by atoms with E-state index in [1.807, 2.05) is 43.5 Å². The van der Waals surface area contributed by atoms with E-state index < -0.39 is 17.7 Å². The molecule has 8 nitrogen and oxygen atoms in total. The summed E-state index contributed by atoms with van der Waals surface area (Å²) < 4.78 is 16.2. The van der Waals surface area contributed by atoms with Crippen molar-refractivity contribution < 1.29 is 28.9 Å². The smallest absolute Gasteiger partial charge is 0.295 e. The summed E-state index contributed by atoms with van der Waals surface area (Å²) in [6.07, 6.45) is 2.40. The second-order valence-electron chi connectivity index (χ2n) is 9.20. The fourth-order valence-corrected chi connectivity index (χ4v) is 5.01. The fourth-order valence-electron chi connectivity index (χ4n) is 5.01. The second kappa shape index (κ2) is 10.9. The molecule has 200 valence electrons. The van der Waals surface area contributed by atoms with Gasteiger partial charge in [-0.25, -0.2) is 0 Å². The van der Waals surface area contributed by atoms with Crippen molar-refractivity contribution in [2.24, 2.45) is 0 Å². The van der Waals surface area contributed by atoms with Gasteiger partial charge in [-0.05, 0) is 79.1 Å². The molecule has 0 unspecified atom stereocenters. The van der Waals surface area contributed by atoms with Crippen LogP contribution in [0.2, 0.25) is 0 Å². The maximum absolute atomic E-state index is 13.4. The van der Waals surface area contributed by atoms with Crippen molar-refractivity contribution in [1.82, 2.24) is 9.88 Å². The van der Waals surface area contributed by atoms with Gasteiger partial charge >= 0.3 is 0 Å². The van der Waals surface area contributed by atoms with Gasteiger partial charge in [-0.2, -0.15) is 0 Å². The van der Waals surface area contributed by atoms with E-state index in [9.17, 15) is 14.7 Å². The first-order valence-electron chi connectivity index (χ1n) is 12.7. The Bertz CT molecular complexity index is 1540. The molecule has 3 aromatic carbocycles. The number of carbonyl (C=O) groups excluding carboxylic acids is 2. The lowest BCUT2D eigenvalue weighted by Crippen LogP contribution is -2.31. The highest BCUT2D eigenvalue weighted by Crippen LogP contribution is 2.40. The number of aliphatic hydroxyl groups excluding tert-OH is 1. The summed E-state index contributed by atoms with van der Waals surface area (Å²) in [7, 11) is 3.17. The van der Waals surface area contributed by atoms with Crippen LogP contribution in [0.15, 0.2) is 78.5 Å². The van der Waals surface area contributed by atoms with Crippen molar-refractivity contribution in [2.45, 2.75) is 19.4 Å². The molecule has 4 aromatic rings. The molecule has 0 radical (unpaired) electrons. The van der Waals surface area contributed by atoms with E-state index in [0.29, 0.717) is 35.7 Å². The third-order valence-corrected chi connectivity index (χ3v) is 7.01. The Morgan fingerprint density at radius 2 is 1.59 bits per heavy atom. The molecule has 2 N–H and O–H groups in total. The minimum atomic E-state index is -0.762. The monoisotopic (exact) mass is 526 g/mol. The summed E-state index contributed by atoms with van der Waals surface area (Å²) in [5, 5.41) is 12.3. The normalized spacial score (nSPS) is 16.6. The fraction of sp³-hybridized carbons (Fsp3) is 0.226. The van der Waals surface area contributed by atoms with Crippen LogP contribution in [0.4, 0.5) is 0 Å². The highest BCUT2D eigenvalue weighted by molar-refractivity contribution is 6.46. The number of hydrogen-bond acceptors (Lipinski definition) is 6. The number of nitrogens with zero attached hydrogens (tertiary/aromatic N) is 1. The topological polar surface area (TPSA) is 101 Å². The molecule has 0 aliphatic carbocycles. The zero-order valence-corrected chi connectivity index (χ0v) is 22.1. The molecule has 0 spiro atoms. The van der Waals surface area contributed by atoms with E-state index in [0.717, 1.165) is 22.2 Å². The minimum absolute atomic E-state index is 0.0509. The van der Waals surface area contributed by atoms with Crippen LogP contribution in [0.1, 0.15) is 29.7 Å². The summed E-state index contributed by atoms with van der Waals surface area (Å²) in [5.74, 6) is 0.433. The number of nitrogens with one attached hydrogen (secondary N) is 1. The number of carbonyl (C=O) groups is 2. The number of aliphatic hydroxyl groups is 1. The van der Waals surface area contributed by atoms with Crippen molar-refractivity contribution >= 4 is 28.4 Å². The third-order valence-electron chi connectivity index (χ3n) is 7.01. The average molecular weight is 527 g/mol. The molecule has 1 amide bonds. The number of benzene rings is 3. The number of rotatable bonds is 9. The van der Waals surface area contributed by atoms with Crippen LogP contribution in [0.3, 0.4) is 0 Å². The van der Waals surface area contributed by atoms with Crippen LogP contribution in [0.5, 0.6) is 17.2 Å². The highest BCUT2D eigenvalue weighted by Gasteiger charge is 2.45. The quantitative estimate of drug-likeness (QED) is 0.176.